The van der Waals surface area contributed by atoms with Crippen molar-refractivity contribution < 1.29 is 9.59 Å². The number of pyridine rings is 4. The van der Waals surface area contributed by atoms with Crippen LogP contribution in [0.1, 0.15) is 32.4 Å². The quantitative estimate of drug-likeness (QED) is 0.216. The van der Waals surface area contributed by atoms with Gasteiger partial charge in [-0.25, -0.2) is 9.97 Å². The second kappa shape index (κ2) is 10.3. The van der Waals surface area contributed by atoms with Crippen molar-refractivity contribution in [1.29, 1.82) is 0 Å². The van der Waals surface area contributed by atoms with Crippen LogP contribution in [0.4, 0.5) is 0 Å². The molecule has 0 aliphatic heterocycles. The summed E-state index contributed by atoms with van der Waals surface area (Å²) in [6.45, 7) is 0. The number of carbonyl (C=O) groups excluding carboxylic acids is 2. The van der Waals surface area contributed by atoms with Crippen molar-refractivity contribution in [1.82, 2.24) is 24.5 Å². The van der Waals surface area contributed by atoms with Crippen molar-refractivity contribution in [2.75, 3.05) is 0 Å². The van der Waals surface area contributed by atoms with E-state index in [4.69, 9.17) is 0 Å². The number of fused-ring (bicyclic) bond motifs is 3. The van der Waals surface area contributed by atoms with Crippen LogP contribution in [0, 0.1) is 0 Å². The summed E-state index contributed by atoms with van der Waals surface area (Å²) >= 11 is 0. The first-order valence-electron chi connectivity index (χ1n) is 13.5. The molecule has 0 spiro atoms. The number of rotatable bonds is 6. The number of aromatic nitrogens is 5. The molecule has 5 aromatic heterocycles. The summed E-state index contributed by atoms with van der Waals surface area (Å²) in [4.78, 5) is 43.7. The lowest BCUT2D eigenvalue weighted by molar-refractivity contribution is 0.102. The minimum Gasteiger partial charge on any atom is -0.344 e. The average Bonchev–Trinajstić information content (AvgIpc) is 3.35. The van der Waals surface area contributed by atoms with Crippen LogP contribution in [-0.4, -0.2) is 36.1 Å². The number of ketones is 2. The Labute approximate surface area is 241 Å². The van der Waals surface area contributed by atoms with E-state index in [1.54, 1.807) is 60.9 Å². The molecule has 0 aliphatic carbocycles. The van der Waals surface area contributed by atoms with Crippen molar-refractivity contribution >= 4 is 33.4 Å². The van der Waals surface area contributed by atoms with Gasteiger partial charge in [0.25, 0.3) is 0 Å². The molecule has 0 amide bonds. The molecule has 0 N–H and O–H groups in total. The van der Waals surface area contributed by atoms with Crippen LogP contribution in [0.25, 0.3) is 44.3 Å². The summed E-state index contributed by atoms with van der Waals surface area (Å²) in [5, 5.41) is 2.10. The van der Waals surface area contributed by atoms with Gasteiger partial charge in [0.2, 0.25) is 11.6 Å². The molecule has 42 heavy (non-hydrogen) atoms. The van der Waals surface area contributed by atoms with Crippen molar-refractivity contribution in [2.45, 2.75) is 0 Å². The Morgan fingerprint density at radius 1 is 0.524 bits per heavy atom. The molecular formula is C35H23N5O2. The number of nitrogens with zero attached hydrogens (tertiary/aromatic N) is 5. The maximum Gasteiger partial charge on any atom is 0.229 e. The number of hydrogen-bond donors (Lipinski definition) is 0. The predicted octanol–water partition coefficient (Wildman–Crippen LogP) is 6.71. The highest BCUT2D eigenvalue weighted by Gasteiger charge is 2.16. The third kappa shape index (κ3) is 4.43. The van der Waals surface area contributed by atoms with E-state index in [9.17, 15) is 9.59 Å². The normalized spacial score (nSPS) is 11.2. The van der Waals surface area contributed by atoms with Gasteiger partial charge in [-0.05, 0) is 72.8 Å². The topological polar surface area (TPSA) is 90.6 Å². The standard InChI is InChI=1S/C35H23N5O2/c1-40-32-16-14-22(26-10-6-12-30(38-26)34(41)28-8-2-4-18-36-28)20-24(32)25-21-23(15-17-33(25)40)27-11-7-13-31(39-27)35(42)29-9-3-5-19-37-29/h2-21H,1H3. The third-order valence-electron chi connectivity index (χ3n) is 7.36. The first-order chi connectivity index (χ1) is 20.6. The first kappa shape index (κ1) is 25.2. The van der Waals surface area contributed by atoms with Gasteiger partial charge in [-0.3, -0.25) is 19.6 Å². The number of hydrogen-bond acceptors (Lipinski definition) is 6. The van der Waals surface area contributed by atoms with E-state index in [1.165, 1.54) is 0 Å². The van der Waals surface area contributed by atoms with E-state index >= 15 is 0 Å². The molecule has 0 bridgehead atoms. The average molecular weight is 546 g/mol. The molecule has 200 valence electrons. The van der Waals surface area contributed by atoms with Gasteiger partial charge in [0.1, 0.15) is 22.8 Å². The molecule has 7 nitrogen and oxygen atoms in total. The second-order valence-electron chi connectivity index (χ2n) is 9.93. The zero-order valence-corrected chi connectivity index (χ0v) is 22.6. The van der Waals surface area contributed by atoms with Crippen molar-refractivity contribution in [2.24, 2.45) is 7.05 Å². The van der Waals surface area contributed by atoms with Gasteiger partial charge in [-0.2, -0.15) is 0 Å². The third-order valence-corrected chi connectivity index (χ3v) is 7.36. The zero-order valence-electron chi connectivity index (χ0n) is 22.6. The van der Waals surface area contributed by atoms with Crippen molar-refractivity contribution in [3.63, 3.8) is 0 Å². The molecule has 0 radical (unpaired) electrons. The monoisotopic (exact) mass is 545 g/mol. The van der Waals surface area contributed by atoms with E-state index in [0.717, 1.165) is 32.9 Å². The van der Waals surface area contributed by atoms with E-state index in [2.05, 4.69) is 48.8 Å². The molecule has 5 heterocycles. The SMILES string of the molecule is Cn1c2ccc(-c3cccc(C(=O)c4ccccn4)n3)cc2c2cc(-c3cccc(C(=O)c4ccccn4)n3)ccc21. The van der Waals surface area contributed by atoms with Crippen LogP contribution in [0.5, 0.6) is 0 Å². The minimum atomic E-state index is -0.218. The van der Waals surface area contributed by atoms with E-state index < -0.39 is 0 Å². The molecule has 2 aromatic carbocycles. The lowest BCUT2D eigenvalue weighted by atomic mass is 10.0. The number of benzene rings is 2. The van der Waals surface area contributed by atoms with Crippen molar-refractivity contribution in [3.8, 4) is 22.5 Å². The zero-order chi connectivity index (χ0) is 28.6. The largest absolute Gasteiger partial charge is 0.344 e. The lowest BCUT2D eigenvalue weighted by Gasteiger charge is -2.06. The Morgan fingerprint density at radius 2 is 0.976 bits per heavy atom. The van der Waals surface area contributed by atoms with Gasteiger partial charge in [0.15, 0.2) is 0 Å². The molecule has 0 saturated heterocycles. The summed E-state index contributed by atoms with van der Waals surface area (Å²) in [5.41, 5.74) is 6.75. The minimum absolute atomic E-state index is 0.218. The molecule has 7 heteroatoms. The van der Waals surface area contributed by atoms with E-state index in [0.29, 0.717) is 34.2 Å². The fourth-order valence-corrected chi connectivity index (χ4v) is 5.24. The Balaban J connectivity index is 1.29. The fourth-order valence-electron chi connectivity index (χ4n) is 5.24. The van der Waals surface area contributed by atoms with Gasteiger partial charge in [-0.15, -0.1) is 0 Å². The van der Waals surface area contributed by atoms with Crippen LogP contribution in [-0.2, 0) is 7.05 Å². The highest BCUT2D eigenvalue weighted by molar-refractivity contribution is 6.11. The van der Waals surface area contributed by atoms with E-state index in [-0.39, 0.29) is 11.6 Å². The van der Waals surface area contributed by atoms with E-state index in [1.807, 2.05) is 43.4 Å². The van der Waals surface area contributed by atoms with Gasteiger partial charge in [0.05, 0.1) is 11.4 Å². The smallest absolute Gasteiger partial charge is 0.229 e. The van der Waals surface area contributed by atoms with Crippen molar-refractivity contribution in [3.05, 3.63) is 144 Å². The van der Waals surface area contributed by atoms with Gasteiger partial charge >= 0.3 is 0 Å². The number of carbonyl (C=O) groups is 2. The van der Waals surface area contributed by atoms with Gasteiger partial charge in [0, 0.05) is 52.4 Å². The summed E-state index contributed by atoms with van der Waals surface area (Å²) < 4.78 is 2.15. The highest BCUT2D eigenvalue weighted by Crippen LogP contribution is 2.34. The summed E-state index contributed by atoms with van der Waals surface area (Å²) in [6.07, 6.45) is 3.20. The second-order valence-corrected chi connectivity index (χ2v) is 9.93. The Hall–Kier alpha value is -5.82. The Bertz CT molecular complexity index is 1980. The maximum atomic E-state index is 13.0. The first-order valence-corrected chi connectivity index (χ1v) is 13.5. The molecule has 0 fully saturated rings. The number of aryl methyl sites for hydroxylation is 1. The van der Waals surface area contributed by atoms with Crippen LogP contribution < -0.4 is 0 Å². The van der Waals surface area contributed by atoms with Gasteiger partial charge < -0.3 is 4.57 Å². The van der Waals surface area contributed by atoms with Crippen LogP contribution in [0.15, 0.2) is 122 Å². The molecule has 7 rings (SSSR count). The Morgan fingerprint density at radius 3 is 1.40 bits per heavy atom. The summed E-state index contributed by atoms with van der Waals surface area (Å²) in [7, 11) is 2.04. The summed E-state index contributed by atoms with van der Waals surface area (Å²) in [5.74, 6) is -0.436. The van der Waals surface area contributed by atoms with Gasteiger partial charge in [-0.1, -0.05) is 36.4 Å². The van der Waals surface area contributed by atoms with Crippen LogP contribution in [0.3, 0.4) is 0 Å². The highest BCUT2D eigenvalue weighted by atomic mass is 16.1. The van der Waals surface area contributed by atoms with Crippen LogP contribution >= 0.6 is 0 Å². The molecule has 0 unspecified atom stereocenters. The molecular weight excluding hydrogens is 522 g/mol. The Kier molecular flexibility index (Phi) is 6.17. The summed E-state index contributed by atoms with van der Waals surface area (Å²) in [6, 6.07) is 33.8. The lowest BCUT2D eigenvalue weighted by Crippen LogP contribution is -2.06. The predicted molar refractivity (Wildman–Crippen MR) is 162 cm³/mol. The fraction of sp³-hybridized carbons (Fsp3) is 0.0286. The molecule has 0 aliphatic rings. The maximum absolute atomic E-state index is 13.0. The molecule has 0 atom stereocenters. The van der Waals surface area contributed by atoms with Crippen LogP contribution in [0.2, 0.25) is 0 Å². The molecule has 7 aromatic rings. The molecule has 0 saturated carbocycles.